The Morgan fingerprint density at radius 3 is 2.84 bits per heavy atom. The Morgan fingerprint density at radius 1 is 1.36 bits per heavy atom. The molecule has 4 saturated carbocycles. The Bertz CT molecular complexity index is 906. The van der Waals surface area contributed by atoms with Gasteiger partial charge in [-0.3, -0.25) is 14.0 Å². The van der Waals surface area contributed by atoms with Crippen molar-refractivity contribution in [2.45, 2.75) is 50.0 Å². The number of hydrogen-bond acceptors (Lipinski definition) is 5. The Kier molecular flexibility index (Phi) is 3.36. The van der Waals surface area contributed by atoms with Crippen LogP contribution in [0.25, 0.3) is 4.96 Å². The van der Waals surface area contributed by atoms with Gasteiger partial charge in [-0.1, -0.05) is 0 Å². The van der Waals surface area contributed by atoms with Crippen molar-refractivity contribution in [3.05, 3.63) is 33.7 Å². The maximum Gasteiger partial charge on any atom is 0.312 e. The van der Waals surface area contributed by atoms with Crippen molar-refractivity contribution < 1.29 is 9.53 Å². The van der Waals surface area contributed by atoms with Crippen LogP contribution in [0.1, 0.15) is 44.2 Å². The van der Waals surface area contributed by atoms with Gasteiger partial charge in [-0.25, -0.2) is 4.98 Å². The lowest BCUT2D eigenvalue weighted by Gasteiger charge is -2.58. The molecule has 0 radical (unpaired) electrons. The number of alkyl halides is 1. The fraction of sp³-hybridized carbons (Fsp3) is 0.611. The highest BCUT2D eigenvalue weighted by Gasteiger charge is 2.60. The molecule has 4 bridgehead atoms. The molecule has 0 unspecified atom stereocenters. The second-order valence-corrected chi connectivity index (χ2v) is 9.78. The van der Waals surface area contributed by atoms with Gasteiger partial charge in [-0.05, 0) is 50.4 Å². The van der Waals surface area contributed by atoms with E-state index in [1.807, 2.05) is 5.38 Å². The summed E-state index contributed by atoms with van der Waals surface area (Å²) in [6.07, 6.45) is 7.50. The Labute approximate surface area is 154 Å². The third-order valence-electron chi connectivity index (χ3n) is 6.13. The average molecular weight is 379 g/mol. The highest BCUT2D eigenvalue weighted by atomic mass is 35.5. The Balaban J connectivity index is 1.36. The van der Waals surface area contributed by atoms with Gasteiger partial charge in [0.05, 0.1) is 11.1 Å². The van der Waals surface area contributed by atoms with E-state index in [-0.39, 0.29) is 23.0 Å². The first-order valence-corrected chi connectivity index (χ1v) is 10.0. The molecule has 7 heteroatoms. The van der Waals surface area contributed by atoms with Crippen molar-refractivity contribution in [3.8, 4) is 0 Å². The molecule has 4 fully saturated rings. The highest BCUT2D eigenvalue weighted by Crippen LogP contribution is 2.64. The molecular formula is C18H19ClN2O3S. The summed E-state index contributed by atoms with van der Waals surface area (Å²) in [7, 11) is 0. The van der Waals surface area contributed by atoms with Crippen molar-refractivity contribution in [2.24, 2.45) is 17.3 Å². The van der Waals surface area contributed by atoms with Crippen LogP contribution in [0, 0.1) is 17.3 Å². The molecule has 132 valence electrons. The third-order valence-corrected chi connectivity index (χ3v) is 7.33. The minimum atomic E-state index is -0.423. The predicted molar refractivity (Wildman–Crippen MR) is 94.8 cm³/mol. The number of ether oxygens (including phenoxy) is 1. The molecule has 0 amide bonds. The summed E-state index contributed by atoms with van der Waals surface area (Å²) in [4.78, 5) is 29.8. The highest BCUT2D eigenvalue weighted by molar-refractivity contribution is 7.15. The largest absolute Gasteiger partial charge is 0.459 e. The fourth-order valence-corrected chi connectivity index (χ4v) is 7.07. The monoisotopic (exact) mass is 378 g/mol. The lowest BCUT2D eigenvalue weighted by Crippen LogP contribution is -2.56. The molecule has 4 aliphatic rings. The predicted octanol–water partition coefficient (Wildman–Crippen LogP) is 3.38. The van der Waals surface area contributed by atoms with Crippen LogP contribution < -0.4 is 5.56 Å². The summed E-state index contributed by atoms with van der Waals surface area (Å²) in [5, 5.41) is 1.81. The van der Waals surface area contributed by atoms with Crippen LogP contribution in [0.4, 0.5) is 0 Å². The number of carbonyl (C=O) groups excluding carboxylic acids is 1. The molecule has 25 heavy (non-hydrogen) atoms. The van der Waals surface area contributed by atoms with E-state index in [0.29, 0.717) is 22.5 Å². The van der Waals surface area contributed by atoms with Gasteiger partial charge in [0, 0.05) is 22.5 Å². The normalized spacial score (nSPS) is 36.0. The van der Waals surface area contributed by atoms with Gasteiger partial charge < -0.3 is 4.74 Å². The molecule has 5 nitrogen and oxygen atoms in total. The minimum Gasteiger partial charge on any atom is -0.459 e. The zero-order valence-electron chi connectivity index (χ0n) is 13.7. The smallest absolute Gasteiger partial charge is 0.312 e. The van der Waals surface area contributed by atoms with E-state index < -0.39 is 5.41 Å². The quantitative estimate of drug-likeness (QED) is 0.606. The summed E-state index contributed by atoms with van der Waals surface area (Å²) >= 11 is 8.18. The number of fused-ring (bicyclic) bond motifs is 1. The molecule has 2 atom stereocenters. The molecule has 0 saturated heterocycles. The molecule has 2 heterocycles. The maximum absolute atomic E-state index is 12.9. The molecule has 6 rings (SSSR count). The molecule has 2 aromatic rings. The lowest BCUT2D eigenvalue weighted by atomic mass is 9.49. The van der Waals surface area contributed by atoms with Gasteiger partial charge in [0.25, 0.3) is 5.56 Å². The van der Waals surface area contributed by atoms with E-state index in [4.69, 9.17) is 16.3 Å². The van der Waals surface area contributed by atoms with Crippen LogP contribution in [-0.2, 0) is 16.1 Å². The van der Waals surface area contributed by atoms with Crippen LogP contribution in [0.2, 0.25) is 0 Å². The summed E-state index contributed by atoms with van der Waals surface area (Å²) < 4.78 is 7.13. The van der Waals surface area contributed by atoms with Gasteiger partial charge in [-0.2, -0.15) is 0 Å². The third kappa shape index (κ3) is 2.53. The van der Waals surface area contributed by atoms with Crippen LogP contribution >= 0.6 is 22.9 Å². The number of hydrogen-bond donors (Lipinski definition) is 0. The fourth-order valence-electron chi connectivity index (χ4n) is 5.64. The number of rotatable bonds is 3. The molecule has 0 aromatic carbocycles. The van der Waals surface area contributed by atoms with Gasteiger partial charge in [0.2, 0.25) is 0 Å². The van der Waals surface area contributed by atoms with E-state index in [9.17, 15) is 9.59 Å². The minimum absolute atomic E-state index is 0.0504. The van der Waals surface area contributed by atoms with E-state index in [1.54, 1.807) is 6.20 Å². The molecular weight excluding hydrogens is 360 g/mol. The lowest BCUT2D eigenvalue weighted by molar-refractivity contribution is -0.171. The topological polar surface area (TPSA) is 60.7 Å². The number of halogens is 1. The van der Waals surface area contributed by atoms with E-state index in [0.717, 1.165) is 32.1 Å². The van der Waals surface area contributed by atoms with Crippen LogP contribution in [-0.4, -0.2) is 20.2 Å². The van der Waals surface area contributed by atoms with E-state index in [1.165, 1.54) is 28.2 Å². The second kappa shape index (κ2) is 5.30. The summed E-state index contributed by atoms with van der Waals surface area (Å²) in [5.74, 6) is 0.952. The summed E-state index contributed by atoms with van der Waals surface area (Å²) in [6.45, 7) is 0.0504. The van der Waals surface area contributed by atoms with Gasteiger partial charge in [0.1, 0.15) is 6.61 Å². The second-order valence-electron chi connectivity index (χ2n) is 8.11. The zero-order chi connectivity index (χ0) is 17.2. The molecule has 0 spiro atoms. The molecule has 0 N–H and O–H groups in total. The van der Waals surface area contributed by atoms with Crippen molar-refractivity contribution in [1.29, 1.82) is 0 Å². The van der Waals surface area contributed by atoms with Gasteiger partial charge in [-0.15, -0.1) is 22.9 Å². The van der Waals surface area contributed by atoms with E-state index >= 15 is 0 Å². The van der Waals surface area contributed by atoms with Crippen LogP contribution in [0.15, 0.2) is 22.4 Å². The molecule has 0 aliphatic heterocycles. The van der Waals surface area contributed by atoms with Gasteiger partial charge >= 0.3 is 5.97 Å². The van der Waals surface area contributed by atoms with E-state index in [2.05, 4.69) is 4.98 Å². The molecule has 4 aliphatic carbocycles. The Hall–Kier alpha value is -1.40. The standard InChI is InChI=1S/C18H19ClN2O3S/c19-18-7-11-3-12(8-18)6-17(5-11,10-18)15(23)24-9-13-4-14(22)21-1-2-25-16(21)20-13/h1-2,4,11-12H,3,5-10H2/t11-,12-,17?,18?/m1/s1. The SMILES string of the molecule is O=C(OCc1cc(=O)n2ccsc2n1)C12C[C@H]3C[C@@H](CC(Cl)(C3)C1)C2. The number of carbonyl (C=O) groups is 1. The van der Waals surface area contributed by atoms with Crippen molar-refractivity contribution >= 4 is 33.9 Å². The van der Waals surface area contributed by atoms with Crippen molar-refractivity contribution in [3.63, 3.8) is 0 Å². The summed E-state index contributed by atoms with van der Waals surface area (Å²) in [6, 6.07) is 1.44. The van der Waals surface area contributed by atoms with Gasteiger partial charge in [0.15, 0.2) is 4.96 Å². The van der Waals surface area contributed by atoms with Crippen LogP contribution in [0.5, 0.6) is 0 Å². The summed E-state index contributed by atoms with van der Waals surface area (Å²) in [5.41, 5.74) is -0.0635. The number of aromatic nitrogens is 2. The van der Waals surface area contributed by atoms with Crippen LogP contribution in [0.3, 0.4) is 0 Å². The number of nitrogens with zero attached hydrogens (tertiary/aromatic N) is 2. The number of thiazole rings is 1. The number of esters is 1. The van der Waals surface area contributed by atoms with Crippen molar-refractivity contribution in [2.75, 3.05) is 0 Å². The zero-order valence-corrected chi connectivity index (χ0v) is 15.3. The first kappa shape index (κ1) is 15.8. The molecule has 2 aromatic heterocycles. The Morgan fingerprint density at radius 2 is 2.12 bits per heavy atom. The average Bonchev–Trinajstić information content (AvgIpc) is 2.99. The first-order chi connectivity index (χ1) is 11.9. The van der Waals surface area contributed by atoms with Crippen molar-refractivity contribution in [1.82, 2.24) is 9.38 Å². The first-order valence-electron chi connectivity index (χ1n) is 8.77. The maximum atomic E-state index is 12.9.